The van der Waals surface area contributed by atoms with E-state index in [4.69, 9.17) is 5.11 Å². The Morgan fingerprint density at radius 3 is 2.37 bits per heavy atom. The molecule has 0 aromatic rings. The third kappa shape index (κ3) is 8.47. The molecule has 0 aliphatic heterocycles. The van der Waals surface area contributed by atoms with Gasteiger partial charge in [-0.15, -0.1) is 0 Å². The fraction of sp³-hybridized carbons (Fsp3) is 0.750. The van der Waals surface area contributed by atoms with E-state index in [0.29, 0.717) is 6.54 Å². The molecule has 0 aliphatic rings. The van der Waals surface area contributed by atoms with Crippen LogP contribution in [0.4, 0.5) is 4.79 Å². The number of thioether (sulfide) groups is 1. The Labute approximate surface area is 117 Å². The van der Waals surface area contributed by atoms with Crippen LogP contribution in [0, 0.1) is 5.41 Å². The van der Waals surface area contributed by atoms with E-state index < -0.39 is 23.3 Å². The summed E-state index contributed by atoms with van der Waals surface area (Å²) in [6, 6.07) is -0.574. The van der Waals surface area contributed by atoms with Crippen LogP contribution in [0.15, 0.2) is 0 Å². The molecule has 0 unspecified atom stereocenters. The number of amides is 3. The lowest BCUT2D eigenvalue weighted by molar-refractivity contribution is -0.149. The van der Waals surface area contributed by atoms with Crippen LogP contribution in [0.25, 0.3) is 0 Å². The van der Waals surface area contributed by atoms with Gasteiger partial charge in [-0.05, 0) is 38.7 Å². The number of aliphatic carboxylic acids is 1. The monoisotopic (exact) mass is 290 g/mol. The number of hydrogen-bond donors (Lipinski definition) is 3. The van der Waals surface area contributed by atoms with Crippen LogP contribution in [0.3, 0.4) is 0 Å². The van der Waals surface area contributed by atoms with E-state index in [1.54, 1.807) is 11.8 Å². The lowest BCUT2D eigenvalue weighted by atomic mass is 9.89. The zero-order valence-corrected chi connectivity index (χ0v) is 12.4. The first-order valence-corrected chi connectivity index (χ1v) is 7.49. The Balaban J connectivity index is 3.87. The molecule has 110 valence electrons. The van der Waals surface area contributed by atoms with Crippen molar-refractivity contribution >= 4 is 29.7 Å². The number of hydrogen-bond acceptors (Lipinski definition) is 4. The number of imide groups is 1. The van der Waals surface area contributed by atoms with Crippen molar-refractivity contribution in [2.75, 3.05) is 18.6 Å². The van der Waals surface area contributed by atoms with Crippen LogP contribution in [-0.4, -0.2) is 41.6 Å². The molecule has 0 heterocycles. The quantitative estimate of drug-likeness (QED) is 0.588. The van der Waals surface area contributed by atoms with Crippen molar-refractivity contribution in [1.29, 1.82) is 0 Å². The second-order valence-electron chi connectivity index (χ2n) is 4.87. The first-order valence-electron chi connectivity index (χ1n) is 6.09. The summed E-state index contributed by atoms with van der Waals surface area (Å²) in [6.07, 6.45) is 3.63. The summed E-state index contributed by atoms with van der Waals surface area (Å²) in [6.45, 7) is 3.38. The number of carbonyl (C=O) groups is 3. The number of urea groups is 1. The number of carbonyl (C=O) groups excluding carboxylic acids is 2. The van der Waals surface area contributed by atoms with E-state index in [-0.39, 0.29) is 6.42 Å². The first-order chi connectivity index (χ1) is 8.79. The molecule has 3 amide bonds. The predicted octanol–water partition coefficient (Wildman–Crippen LogP) is 1.46. The van der Waals surface area contributed by atoms with Gasteiger partial charge in [0.15, 0.2) is 0 Å². The van der Waals surface area contributed by atoms with Crippen LogP contribution in [0.1, 0.15) is 33.1 Å². The average molecular weight is 290 g/mol. The van der Waals surface area contributed by atoms with Crippen molar-refractivity contribution in [3.63, 3.8) is 0 Å². The molecule has 0 aromatic heterocycles. The Morgan fingerprint density at radius 1 is 1.21 bits per heavy atom. The number of nitrogens with one attached hydrogen (secondary N) is 2. The maximum atomic E-state index is 11.5. The molecule has 3 N–H and O–H groups in total. The summed E-state index contributed by atoms with van der Waals surface area (Å²) >= 11 is 1.74. The van der Waals surface area contributed by atoms with Crippen molar-refractivity contribution < 1.29 is 19.5 Å². The van der Waals surface area contributed by atoms with Gasteiger partial charge >= 0.3 is 12.0 Å². The lowest BCUT2D eigenvalue weighted by Gasteiger charge is -2.17. The first kappa shape index (κ1) is 17.8. The molecule has 0 fully saturated rings. The minimum atomic E-state index is -1.18. The van der Waals surface area contributed by atoms with E-state index in [0.717, 1.165) is 18.6 Å². The van der Waals surface area contributed by atoms with E-state index in [1.807, 2.05) is 6.26 Å². The van der Waals surface area contributed by atoms with Gasteiger partial charge in [-0.3, -0.25) is 14.9 Å². The number of carboxylic acid groups (broad SMARTS) is 1. The topological polar surface area (TPSA) is 95.5 Å². The van der Waals surface area contributed by atoms with E-state index in [9.17, 15) is 14.4 Å². The summed E-state index contributed by atoms with van der Waals surface area (Å²) in [7, 11) is 0. The largest absolute Gasteiger partial charge is 0.481 e. The fourth-order valence-electron chi connectivity index (χ4n) is 1.27. The van der Waals surface area contributed by atoms with E-state index in [1.165, 1.54) is 13.8 Å². The zero-order chi connectivity index (χ0) is 14.9. The van der Waals surface area contributed by atoms with Crippen molar-refractivity contribution in [3.8, 4) is 0 Å². The molecule has 0 saturated carbocycles. The highest BCUT2D eigenvalue weighted by molar-refractivity contribution is 7.98. The summed E-state index contributed by atoms with van der Waals surface area (Å²) in [5, 5.41) is 13.5. The Kier molecular flexibility index (Phi) is 8.22. The maximum Gasteiger partial charge on any atom is 0.321 e. The van der Waals surface area contributed by atoms with Crippen LogP contribution in [-0.2, 0) is 9.59 Å². The molecular weight excluding hydrogens is 268 g/mol. The molecule has 0 rings (SSSR count). The molecule has 0 radical (unpaired) electrons. The molecule has 0 saturated heterocycles. The van der Waals surface area contributed by atoms with Gasteiger partial charge in [0.1, 0.15) is 0 Å². The highest BCUT2D eigenvalue weighted by atomic mass is 32.2. The zero-order valence-electron chi connectivity index (χ0n) is 11.6. The summed E-state index contributed by atoms with van der Waals surface area (Å²) in [5.74, 6) is -0.621. The van der Waals surface area contributed by atoms with Crippen LogP contribution >= 0.6 is 11.8 Å². The van der Waals surface area contributed by atoms with Crippen molar-refractivity contribution in [2.24, 2.45) is 5.41 Å². The molecule has 0 atom stereocenters. The SMILES string of the molecule is CSCCCCNC(=O)NC(=O)CC(C)(C)C(=O)O. The second-order valence-corrected chi connectivity index (χ2v) is 5.86. The van der Waals surface area contributed by atoms with Gasteiger partial charge in [0.25, 0.3) is 0 Å². The Bertz CT molecular complexity index is 332. The van der Waals surface area contributed by atoms with Gasteiger partial charge in [-0.25, -0.2) is 4.79 Å². The van der Waals surface area contributed by atoms with Gasteiger partial charge in [-0.1, -0.05) is 0 Å². The molecule has 19 heavy (non-hydrogen) atoms. The Hall–Kier alpha value is -1.24. The third-order valence-electron chi connectivity index (χ3n) is 2.50. The smallest absolute Gasteiger partial charge is 0.321 e. The normalized spacial score (nSPS) is 10.9. The minimum absolute atomic E-state index is 0.234. The van der Waals surface area contributed by atoms with Gasteiger partial charge < -0.3 is 10.4 Å². The highest BCUT2D eigenvalue weighted by Gasteiger charge is 2.30. The van der Waals surface area contributed by atoms with Crippen LogP contribution in [0.2, 0.25) is 0 Å². The standard InChI is InChI=1S/C12H22N2O4S/c1-12(2,10(16)17)8-9(15)14-11(18)13-6-4-5-7-19-3/h4-8H2,1-3H3,(H,16,17)(H2,13,14,15,18). The van der Waals surface area contributed by atoms with Gasteiger partial charge in [0, 0.05) is 13.0 Å². The molecule has 0 bridgehead atoms. The van der Waals surface area contributed by atoms with Gasteiger partial charge in [-0.2, -0.15) is 11.8 Å². The predicted molar refractivity (Wildman–Crippen MR) is 75.2 cm³/mol. The van der Waals surface area contributed by atoms with Gasteiger partial charge in [0.2, 0.25) is 5.91 Å². The van der Waals surface area contributed by atoms with Crippen LogP contribution < -0.4 is 10.6 Å². The molecule has 0 aliphatic carbocycles. The van der Waals surface area contributed by atoms with E-state index >= 15 is 0 Å². The van der Waals surface area contributed by atoms with Crippen LogP contribution in [0.5, 0.6) is 0 Å². The van der Waals surface area contributed by atoms with Crippen molar-refractivity contribution in [2.45, 2.75) is 33.1 Å². The van der Waals surface area contributed by atoms with E-state index in [2.05, 4.69) is 10.6 Å². The summed E-state index contributed by atoms with van der Waals surface area (Å²) in [5.41, 5.74) is -1.18. The Morgan fingerprint density at radius 2 is 1.84 bits per heavy atom. The summed E-state index contributed by atoms with van der Waals surface area (Å²) < 4.78 is 0. The third-order valence-corrected chi connectivity index (χ3v) is 3.19. The fourth-order valence-corrected chi connectivity index (χ4v) is 1.76. The molecule has 7 heteroatoms. The highest BCUT2D eigenvalue weighted by Crippen LogP contribution is 2.19. The maximum absolute atomic E-state index is 11.5. The number of rotatable bonds is 8. The molecule has 6 nitrogen and oxygen atoms in total. The lowest BCUT2D eigenvalue weighted by Crippen LogP contribution is -2.42. The molecular formula is C12H22N2O4S. The number of carboxylic acids is 1. The minimum Gasteiger partial charge on any atom is -0.481 e. The average Bonchev–Trinajstić information content (AvgIpc) is 2.27. The van der Waals surface area contributed by atoms with Gasteiger partial charge in [0.05, 0.1) is 5.41 Å². The number of unbranched alkanes of at least 4 members (excludes halogenated alkanes) is 1. The summed E-state index contributed by atoms with van der Waals surface area (Å²) in [4.78, 5) is 33.6. The second kappa shape index (κ2) is 8.79. The van der Waals surface area contributed by atoms with Crippen molar-refractivity contribution in [1.82, 2.24) is 10.6 Å². The molecule has 0 aromatic carbocycles. The van der Waals surface area contributed by atoms with Crippen molar-refractivity contribution in [3.05, 3.63) is 0 Å². The molecule has 0 spiro atoms.